The molecule has 2 heteroatoms. The Morgan fingerprint density at radius 1 is 1.43 bits per heavy atom. The van der Waals surface area contributed by atoms with Crippen LogP contribution in [0.2, 0.25) is 0 Å². The fourth-order valence-electron chi connectivity index (χ4n) is 2.37. The Balaban J connectivity index is 1.70. The lowest BCUT2D eigenvalue weighted by Crippen LogP contribution is -2.44. The highest BCUT2D eigenvalue weighted by atomic mass is 16.5. The molecule has 0 amide bonds. The first kappa shape index (κ1) is 10.4. The van der Waals surface area contributed by atoms with Crippen LogP contribution >= 0.6 is 0 Å². The van der Waals surface area contributed by atoms with Crippen molar-refractivity contribution in [1.29, 1.82) is 0 Å². The first-order chi connectivity index (χ1) is 6.73. The molecule has 14 heavy (non-hydrogen) atoms. The molecule has 1 unspecified atom stereocenters. The van der Waals surface area contributed by atoms with Gasteiger partial charge in [0.15, 0.2) is 0 Å². The summed E-state index contributed by atoms with van der Waals surface area (Å²) in [6.45, 7) is 4.48. The molecule has 0 aliphatic heterocycles. The SMILES string of the molecule is COCC(NCC1(C)CCC1)C1CC1. The Kier molecular flexibility index (Phi) is 3.13. The Hall–Kier alpha value is -0.0800. The standard InChI is InChI=1S/C12H23NO/c1-12(6-3-7-12)9-13-11(8-14-2)10-4-5-10/h10-11,13H,3-9H2,1-2H3. The zero-order valence-electron chi connectivity index (χ0n) is 9.51. The molecule has 0 aromatic carbocycles. The average molecular weight is 197 g/mol. The van der Waals surface area contributed by atoms with E-state index in [0.717, 1.165) is 12.5 Å². The first-order valence-electron chi connectivity index (χ1n) is 5.96. The molecular formula is C12H23NO. The summed E-state index contributed by atoms with van der Waals surface area (Å²) in [5.41, 5.74) is 0.598. The smallest absolute Gasteiger partial charge is 0.0618 e. The lowest BCUT2D eigenvalue weighted by atomic mass is 9.70. The van der Waals surface area contributed by atoms with E-state index in [9.17, 15) is 0 Å². The summed E-state index contributed by atoms with van der Waals surface area (Å²) in [5, 5.41) is 3.70. The monoisotopic (exact) mass is 197 g/mol. The van der Waals surface area contributed by atoms with E-state index in [1.807, 2.05) is 7.11 Å². The van der Waals surface area contributed by atoms with Crippen LogP contribution in [-0.4, -0.2) is 26.3 Å². The van der Waals surface area contributed by atoms with Crippen LogP contribution in [0.3, 0.4) is 0 Å². The molecule has 82 valence electrons. The Morgan fingerprint density at radius 2 is 2.14 bits per heavy atom. The first-order valence-corrected chi connectivity index (χ1v) is 5.96. The topological polar surface area (TPSA) is 21.3 Å². The van der Waals surface area contributed by atoms with Crippen LogP contribution in [0.5, 0.6) is 0 Å². The van der Waals surface area contributed by atoms with Gasteiger partial charge in [-0.05, 0) is 37.0 Å². The molecule has 2 saturated carbocycles. The summed E-state index contributed by atoms with van der Waals surface area (Å²) in [7, 11) is 1.81. The summed E-state index contributed by atoms with van der Waals surface area (Å²) in [5.74, 6) is 0.902. The van der Waals surface area contributed by atoms with Crippen molar-refractivity contribution in [3.05, 3.63) is 0 Å². The van der Waals surface area contributed by atoms with E-state index in [1.54, 1.807) is 0 Å². The van der Waals surface area contributed by atoms with Crippen molar-refractivity contribution in [3.63, 3.8) is 0 Å². The molecule has 0 spiro atoms. The number of hydrogen-bond acceptors (Lipinski definition) is 2. The Morgan fingerprint density at radius 3 is 2.57 bits per heavy atom. The number of ether oxygens (including phenoxy) is 1. The van der Waals surface area contributed by atoms with Gasteiger partial charge in [0.1, 0.15) is 0 Å². The van der Waals surface area contributed by atoms with Gasteiger partial charge in [-0.2, -0.15) is 0 Å². The van der Waals surface area contributed by atoms with Gasteiger partial charge in [0.2, 0.25) is 0 Å². The van der Waals surface area contributed by atoms with Gasteiger partial charge in [-0.25, -0.2) is 0 Å². The van der Waals surface area contributed by atoms with Gasteiger partial charge in [-0.15, -0.1) is 0 Å². The van der Waals surface area contributed by atoms with Crippen molar-refractivity contribution in [2.24, 2.45) is 11.3 Å². The van der Waals surface area contributed by atoms with E-state index in [4.69, 9.17) is 4.74 Å². The second kappa shape index (κ2) is 4.19. The molecule has 1 atom stereocenters. The normalized spacial score (nSPS) is 27.0. The molecule has 0 saturated heterocycles. The van der Waals surface area contributed by atoms with Crippen LogP contribution in [0.15, 0.2) is 0 Å². The molecule has 0 aromatic heterocycles. The summed E-state index contributed by atoms with van der Waals surface area (Å²) in [6, 6.07) is 0.623. The zero-order chi connectivity index (χ0) is 10.0. The maximum atomic E-state index is 5.26. The second-order valence-electron chi connectivity index (χ2n) is 5.44. The van der Waals surface area contributed by atoms with Crippen LogP contribution in [0, 0.1) is 11.3 Å². The molecule has 2 aliphatic carbocycles. The predicted octanol–water partition coefficient (Wildman–Crippen LogP) is 2.19. The quantitative estimate of drug-likeness (QED) is 0.705. The average Bonchev–Trinajstić information content (AvgIpc) is 2.92. The fraction of sp³-hybridized carbons (Fsp3) is 1.00. The van der Waals surface area contributed by atoms with E-state index in [0.29, 0.717) is 11.5 Å². The van der Waals surface area contributed by atoms with Crippen molar-refractivity contribution >= 4 is 0 Å². The van der Waals surface area contributed by atoms with Crippen LogP contribution in [0.4, 0.5) is 0 Å². The van der Waals surface area contributed by atoms with Gasteiger partial charge >= 0.3 is 0 Å². The van der Waals surface area contributed by atoms with Gasteiger partial charge in [0.25, 0.3) is 0 Å². The van der Waals surface area contributed by atoms with E-state index in [2.05, 4.69) is 12.2 Å². The highest BCUT2D eigenvalue weighted by Gasteiger charge is 2.35. The number of methoxy groups -OCH3 is 1. The minimum atomic E-state index is 0.598. The minimum absolute atomic E-state index is 0.598. The molecule has 1 N–H and O–H groups in total. The fourth-order valence-corrected chi connectivity index (χ4v) is 2.37. The van der Waals surface area contributed by atoms with Gasteiger partial charge < -0.3 is 10.1 Å². The highest BCUT2D eigenvalue weighted by Crippen LogP contribution is 2.40. The maximum Gasteiger partial charge on any atom is 0.0618 e. The van der Waals surface area contributed by atoms with Gasteiger partial charge in [0, 0.05) is 19.7 Å². The Bertz CT molecular complexity index is 185. The zero-order valence-corrected chi connectivity index (χ0v) is 9.51. The molecule has 0 heterocycles. The molecule has 2 nitrogen and oxygen atoms in total. The number of nitrogens with one attached hydrogen (secondary N) is 1. The summed E-state index contributed by atoms with van der Waals surface area (Å²) < 4.78 is 5.26. The predicted molar refractivity (Wildman–Crippen MR) is 58.3 cm³/mol. The molecular weight excluding hydrogens is 174 g/mol. The molecule has 2 fully saturated rings. The lowest BCUT2D eigenvalue weighted by molar-refractivity contribution is 0.118. The van der Waals surface area contributed by atoms with E-state index in [-0.39, 0.29) is 0 Å². The van der Waals surface area contributed by atoms with E-state index < -0.39 is 0 Å². The molecule has 2 aliphatic rings. The highest BCUT2D eigenvalue weighted by molar-refractivity contribution is 4.91. The summed E-state index contributed by atoms with van der Waals surface area (Å²) in [6.07, 6.45) is 7.04. The van der Waals surface area contributed by atoms with E-state index in [1.165, 1.54) is 38.6 Å². The second-order valence-corrected chi connectivity index (χ2v) is 5.44. The minimum Gasteiger partial charge on any atom is -0.383 e. The van der Waals surface area contributed by atoms with Crippen molar-refractivity contribution in [1.82, 2.24) is 5.32 Å². The molecule has 0 aromatic rings. The van der Waals surface area contributed by atoms with Gasteiger partial charge in [-0.3, -0.25) is 0 Å². The third-order valence-electron chi connectivity index (χ3n) is 3.89. The van der Waals surface area contributed by atoms with Gasteiger partial charge in [0.05, 0.1) is 6.61 Å². The lowest BCUT2D eigenvalue weighted by Gasteiger charge is -2.39. The molecule has 0 radical (unpaired) electrons. The summed E-state index contributed by atoms with van der Waals surface area (Å²) >= 11 is 0. The van der Waals surface area contributed by atoms with Crippen molar-refractivity contribution in [3.8, 4) is 0 Å². The van der Waals surface area contributed by atoms with Crippen LogP contribution in [0.1, 0.15) is 39.0 Å². The summed E-state index contributed by atoms with van der Waals surface area (Å²) in [4.78, 5) is 0. The number of rotatable bonds is 6. The molecule has 0 bridgehead atoms. The Labute approximate surface area is 87.4 Å². The van der Waals surface area contributed by atoms with Crippen molar-refractivity contribution in [2.45, 2.75) is 45.1 Å². The van der Waals surface area contributed by atoms with E-state index >= 15 is 0 Å². The van der Waals surface area contributed by atoms with Gasteiger partial charge in [-0.1, -0.05) is 13.3 Å². The van der Waals surface area contributed by atoms with Crippen molar-refractivity contribution in [2.75, 3.05) is 20.3 Å². The number of hydrogen-bond donors (Lipinski definition) is 1. The third-order valence-corrected chi connectivity index (χ3v) is 3.89. The van der Waals surface area contributed by atoms with Crippen LogP contribution < -0.4 is 5.32 Å². The largest absolute Gasteiger partial charge is 0.383 e. The van der Waals surface area contributed by atoms with Crippen LogP contribution in [0.25, 0.3) is 0 Å². The maximum absolute atomic E-state index is 5.26. The van der Waals surface area contributed by atoms with Crippen LogP contribution in [-0.2, 0) is 4.74 Å². The van der Waals surface area contributed by atoms with Crippen molar-refractivity contribution < 1.29 is 4.74 Å². The third kappa shape index (κ3) is 2.48. The molecule has 2 rings (SSSR count).